The van der Waals surface area contributed by atoms with Crippen LogP contribution in [0.4, 0.5) is 4.79 Å². The van der Waals surface area contributed by atoms with Gasteiger partial charge < -0.3 is 15.5 Å². The summed E-state index contributed by atoms with van der Waals surface area (Å²) in [6.07, 6.45) is 4.33. The molecule has 0 atom stereocenters. The topological polar surface area (TPSA) is 64.7 Å². The fourth-order valence-corrected chi connectivity index (χ4v) is 5.07. The minimum Gasteiger partial charge on any atom is -0.339 e. The molecule has 2 aromatic carbocycles. The van der Waals surface area contributed by atoms with E-state index in [-0.39, 0.29) is 11.9 Å². The van der Waals surface area contributed by atoms with E-state index >= 15 is 0 Å². The van der Waals surface area contributed by atoms with Gasteiger partial charge >= 0.3 is 6.03 Å². The minimum atomic E-state index is -0.772. The summed E-state index contributed by atoms with van der Waals surface area (Å²) < 4.78 is 0. The first kappa shape index (κ1) is 23.3. The molecule has 33 heavy (non-hydrogen) atoms. The van der Waals surface area contributed by atoms with E-state index in [1.165, 1.54) is 11.1 Å². The average molecular weight is 449 g/mol. The average Bonchev–Trinajstić information content (AvgIpc) is 3.18. The summed E-state index contributed by atoms with van der Waals surface area (Å²) in [5.74, 6) is 0.0904. The molecule has 1 saturated carbocycles. The van der Waals surface area contributed by atoms with Crippen LogP contribution in [-0.2, 0) is 17.9 Å². The summed E-state index contributed by atoms with van der Waals surface area (Å²) >= 11 is 0. The van der Waals surface area contributed by atoms with E-state index in [2.05, 4.69) is 46.7 Å². The fraction of sp³-hybridized carbons (Fsp3) is 0.481. The molecule has 1 saturated heterocycles. The molecule has 0 unspecified atom stereocenters. The van der Waals surface area contributed by atoms with Crippen molar-refractivity contribution in [3.8, 4) is 0 Å². The fourth-order valence-electron chi connectivity index (χ4n) is 5.07. The maximum Gasteiger partial charge on any atom is 0.315 e. The third kappa shape index (κ3) is 5.93. The Morgan fingerprint density at radius 2 is 1.61 bits per heavy atom. The van der Waals surface area contributed by atoms with Gasteiger partial charge in [-0.15, -0.1) is 0 Å². The van der Waals surface area contributed by atoms with Gasteiger partial charge in [0.05, 0.1) is 0 Å². The number of nitrogens with one attached hydrogen (secondary N) is 2. The number of urea groups is 1. The summed E-state index contributed by atoms with van der Waals surface area (Å²) in [4.78, 5) is 30.8. The Balaban J connectivity index is 1.35. The molecule has 6 heteroatoms. The van der Waals surface area contributed by atoms with Gasteiger partial charge in [0.2, 0.25) is 5.91 Å². The lowest BCUT2D eigenvalue weighted by atomic mass is 9.95. The molecule has 1 aliphatic heterocycles. The van der Waals surface area contributed by atoms with Gasteiger partial charge in [0.15, 0.2) is 0 Å². The van der Waals surface area contributed by atoms with Gasteiger partial charge in [-0.25, -0.2) is 4.79 Å². The predicted octanol–water partition coefficient (Wildman–Crippen LogP) is 3.84. The van der Waals surface area contributed by atoms with Crippen molar-refractivity contribution in [3.63, 3.8) is 0 Å². The number of rotatable bonds is 6. The standard InChI is InChI=1S/C27H36N4O2/c1-22-10-5-6-13-24(22)21-30-16-9-17-31(19-18-30)25(32)27(14-7-8-15-27)29-26(33)28-20-23-11-3-2-4-12-23/h2-6,10-13H,7-9,14-21H2,1H3,(H2,28,29,33). The number of carbonyl (C=O) groups is 2. The zero-order valence-electron chi connectivity index (χ0n) is 19.7. The van der Waals surface area contributed by atoms with Crippen LogP contribution < -0.4 is 10.6 Å². The van der Waals surface area contributed by atoms with Crippen molar-refractivity contribution in [1.29, 1.82) is 0 Å². The van der Waals surface area contributed by atoms with Crippen molar-refractivity contribution in [2.75, 3.05) is 26.2 Å². The van der Waals surface area contributed by atoms with Gasteiger partial charge in [-0.2, -0.15) is 0 Å². The van der Waals surface area contributed by atoms with Crippen molar-refractivity contribution >= 4 is 11.9 Å². The molecule has 0 aromatic heterocycles. The van der Waals surface area contributed by atoms with E-state index in [1.54, 1.807) is 0 Å². The zero-order chi connectivity index (χ0) is 23.1. The van der Waals surface area contributed by atoms with E-state index in [9.17, 15) is 9.59 Å². The molecule has 1 heterocycles. The number of nitrogens with zero attached hydrogens (tertiary/aromatic N) is 2. The lowest BCUT2D eigenvalue weighted by molar-refractivity contribution is -0.137. The molecule has 1 aliphatic carbocycles. The molecule has 2 fully saturated rings. The Morgan fingerprint density at radius 1 is 0.879 bits per heavy atom. The number of hydrogen-bond donors (Lipinski definition) is 2. The Kier molecular flexibility index (Phi) is 7.65. The third-order valence-corrected chi connectivity index (χ3v) is 7.05. The number of benzene rings is 2. The maximum absolute atomic E-state index is 13.7. The van der Waals surface area contributed by atoms with E-state index in [1.807, 2.05) is 35.2 Å². The lowest BCUT2D eigenvalue weighted by Crippen LogP contribution is -2.60. The van der Waals surface area contributed by atoms with Crippen LogP contribution >= 0.6 is 0 Å². The molecule has 2 aliphatic rings. The molecular formula is C27H36N4O2. The summed E-state index contributed by atoms with van der Waals surface area (Å²) in [6, 6.07) is 18.1. The molecule has 3 amide bonds. The zero-order valence-corrected chi connectivity index (χ0v) is 19.7. The van der Waals surface area contributed by atoms with Crippen LogP contribution in [0.5, 0.6) is 0 Å². The second-order valence-corrected chi connectivity index (χ2v) is 9.43. The quantitative estimate of drug-likeness (QED) is 0.706. The van der Waals surface area contributed by atoms with E-state index in [4.69, 9.17) is 0 Å². The van der Waals surface area contributed by atoms with Crippen molar-refractivity contribution in [2.24, 2.45) is 0 Å². The Hall–Kier alpha value is -2.86. The summed E-state index contributed by atoms with van der Waals surface area (Å²) in [5, 5.41) is 6.02. The first-order valence-electron chi connectivity index (χ1n) is 12.2. The van der Waals surface area contributed by atoms with Gasteiger partial charge in [0.25, 0.3) is 0 Å². The molecule has 4 rings (SSSR count). The van der Waals surface area contributed by atoms with Gasteiger partial charge in [0.1, 0.15) is 5.54 Å². The molecule has 2 aromatic rings. The first-order chi connectivity index (χ1) is 16.1. The highest BCUT2D eigenvalue weighted by Crippen LogP contribution is 2.32. The predicted molar refractivity (Wildman–Crippen MR) is 131 cm³/mol. The summed E-state index contributed by atoms with van der Waals surface area (Å²) in [5.41, 5.74) is 2.93. The summed E-state index contributed by atoms with van der Waals surface area (Å²) in [7, 11) is 0. The molecule has 6 nitrogen and oxygen atoms in total. The summed E-state index contributed by atoms with van der Waals surface area (Å²) in [6.45, 7) is 6.82. The number of hydrogen-bond acceptors (Lipinski definition) is 3. The lowest BCUT2D eigenvalue weighted by Gasteiger charge is -2.34. The van der Waals surface area contributed by atoms with Crippen LogP contribution in [0.2, 0.25) is 0 Å². The van der Waals surface area contributed by atoms with Gasteiger partial charge in [-0.3, -0.25) is 9.69 Å². The Morgan fingerprint density at radius 3 is 2.36 bits per heavy atom. The SMILES string of the molecule is Cc1ccccc1CN1CCCN(C(=O)C2(NC(=O)NCc3ccccc3)CCCC2)CC1. The van der Waals surface area contributed by atoms with E-state index in [0.717, 1.165) is 51.0 Å². The largest absolute Gasteiger partial charge is 0.339 e. The van der Waals surface area contributed by atoms with Crippen LogP contribution in [0.25, 0.3) is 0 Å². The first-order valence-corrected chi connectivity index (χ1v) is 12.2. The van der Waals surface area contributed by atoms with Crippen molar-refractivity contribution < 1.29 is 9.59 Å². The second-order valence-electron chi connectivity index (χ2n) is 9.43. The normalized spacial score (nSPS) is 18.5. The maximum atomic E-state index is 13.7. The van der Waals surface area contributed by atoms with Crippen LogP contribution in [0.1, 0.15) is 48.8 Å². The van der Waals surface area contributed by atoms with Gasteiger partial charge in [-0.1, -0.05) is 67.4 Å². The van der Waals surface area contributed by atoms with Crippen molar-refractivity contribution in [2.45, 2.75) is 57.7 Å². The second kappa shape index (κ2) is 10.8. The van der Waals surface area contributed by atoms with Crippen molar-refractivity contribution in [3.05, 3.63) is 71.3 Å². The number of aryl methyl sites for hydroxylation is 1. The van der Waals surface area contributed by atoms with Gasteiger partial charge in [-0.05, 0) is 42.9 Å². The Bertz CT molecular complexity index is 940. The molecule has 2 N–H and O–H groups in total. The highest BCUT2D eigenvalue weighted by atomic mass is 16.2. The van der Waals surface area contributed by atoms with E-state index in [0.29, 0.717) is 25.9 Å². The van der Waals surface area contributed by atoms with Crippen LogP contribution in [0.3, 0.4) is 0 Å². The number of amides is 3. The van der Waals surface area contributed by atoms with Crippen LogP contribution in [-0.4, -0.2) is 53.5 Å². The molecule has 0 spiro atoms. The van der Waals surface area contributed by atoms with Crippen molar-refractivity contribution in [1.82, 2.24) is 20.4 Å². The smallest absolute Gasteiger partial charge is 0.315 e. The third-order valence-electron chi connectivity index (χ3n) is 7.05. The number of carbonyl (C=O) groups excluding carboxylic acids is 2. The molecule has 176 valence electrons. The highest BCUT2D eigenvalue weighted by Gasteiger charge is 2.45. The van der Waals surface area contributed by atoms with Crippen LogP contribution in [0.15, 0.2) is 54.6 Å². The van der Waals surface area contributed by atoms with Crippen LogP contribution in [0, 0.1) is 6.92 Å². The molecular weight excluding hydrogens is 412 g/mol. The molecule has 0 bridgehead atoms. The monoisotopic (exact) mass is 448 g/mol. The Labute approximate surface area is 197 Å². The highest BCUT2D eigenvalue weighted by molar-refractivity contribution is 5.91. The minimum absolute atomic E-state index is 0.0904. The van der Waals surface area contributed by atoms with Gasteiger partial charge in [0, 0.05) is 39.3 Å². The molecule has 0 radical (unpaired) electrons. The van der Waals surface area contributed by atoms with E-state index < -0.39 is 5.54 Å².